The fraction of sp³-hybridized carbons (Fsp3) is 0.615. The molecule has 0 saturated heterocycles. The smallest absolute Gasteiger partial charge is 0.142 e. The van der Waals surface area contributed by atoms with Crippen LogP contribution in [0.1, 0.15) is 10.7 Å². The molecule has 0 fully saturated rings. The van der Waals surface area contributed by atoms with E-state index in [0.29, 0.717) is 12.6 Å². The topological polar surface area (TPSA) is 27.1 Å². The van der Waals surface area contributed by atoms with Gasteiger partial charge in [-0.15, -0.1) is 22.9 Å². The third-order valence-electron chi connectivity index (χ3n) is 2.99. The van der Waals surface area contributed by atoms with Gasteiger partial charge in [-0.05, 0) is 19.0 Å². The van der Waals surface area contributed by atoms with Crippen molar-refractivity contribution in [2.45, 2.75) is 45.2 Å². The van der Waals surface area contributed by atoms with Crippen LogP contribution in [0.5, 0.6) is 0 Å². The molecule has 19 heavy (non-hydrogen) atoms. The largest absolute Gasteiger partial charge is 0.361 e. The van der Waals surface area contributed by atoms with Crippen molar-refractivity contribution in [2.75, 3.05) is 6.61 Å². The maximum absolute atomic E-state index is 5.96. The van der Waals surface area contributed by atoms with Gasteiger partial charge in [0.05, 0.1) is 11.4 Å². The van der Waals surface area contributed by atoms with Crippen LogP contribution in [-0.2, 0) is 17.3 Å². The molecule has 2 aromatic heterocycles. The third kappa shape index (κ3) is 3.81. The van der Waals surface area contributed by atoms with Gasteiger partial charge >= 0.3 is 0 Å². The Morgan fingerprint density at radius 1 is 1.42 bits per heavy atom. The Balaban J connectivity index is 2.06. The Bertz CT molecular complexity index is 559. The normalized spacial score (nSPS) is 12.5. The van der Waals surface area contributed by atoms with E-state index in [1.807, 2.05) is 0 Å². The maximum atomic E-state index is 5.96. The van der Waals surface area contributed by atoms with Gasteiger partial charge in [0.25, 0.3) is 0 Å². The lowest BCUT2D eigenvalue weighted by molar-refractivity contribution is 0.0883. The van der Waals surface area contributed by atoms with Gasteiger partial charge in [-0.2, -0.15) is 0 Å². The van der Waals surface area contributed by atoms with Crippen molar-refractivity contribution in [3.63, 3.8) is 0 Å². The lowest BCUT2D eigenvalue weighted by atomic mass is 10.5. The highest BCUT2D eigenvalue weighted by Gasteiger charge is 2.14. The number of rotatable bonds is 6. The summed E-state index contributed by atoms with van der Waals surface area (Å²) < 4.78 is 7.91. The minimum Gasteiger partial charge on any atom is -0.361 e. The molecular formula is C13H21ClN2OSSi. The lowest BCUT2D eigenvalue weighted by Crippen LogP contribution is -2.22. The lowest BCUT2D eigenvalue weighted by Gasteiger charge is -2.16. The standard InChI is InChI=1S/C13H21ClN2OSSi/c1-10-7-11-13(18-10)15-12(8-14)16(11)9-17-5-6-19(2,3)4/h7H,5-6,8-9H2,1-4H3. The summed E-state index contributed by atoms with van der Waals surface area (Å²) in [6.07, 6.45) is 0. The molecule has 0 aliphatic heterocycles. The number of thiophene rings is 1. The van der Waals surface area contributed by atoms with E-state index < -0.39 is 8.07 Å². The molecule has 0 unspecified atom stereocenters. The van der Waals surface area contributed by atoms with Gasteiger partial charge in [0.2, 0.25) is 0 Å². The van der Waals surface area contributed by atoms with Crippen molar-refractivity contribution in [3.8, 4) is 0 Å². The Labute approximate surface area is 124 Å². The molecule has 3 nitrogen and oxygen atoms in total. The summed E-state index contributed by atoms with van der Waals surface area (Å²) in [5.41, 5.74) is 1.14. The van der Waals surface area contributed by atoms with E-state index in [1.54, 1.807) is 11.3 Å². The van der Waals surface area contributed by atoms with Crippen molar-refractivity contribution in [3.05, 3.63) is 16.8 Å². The zero-order chi connectivity index (χ0) is 14.0. The molecule has 0 N–H and O–H groups in total. The van der Waals surface area contributed by atoms with Gasteiger partial charge in [-0.3, -0.25) is 0 Å². The molecule has 2 rings (SSSR count). The Morgan fingerprint density at radius 3 is 2.79 bits per heavy atom. The van der Waals surface area contributed by atoms with Crippen LogP contribution in [0.2, 0.25) is 25.7 Å². The number of aromatic nitrogens is 2. The molecule has 2 heterocycles. The highest BCUT2D eigenvalue weighted by atomic mass is 35.5. The second kappa shape index (κ2) is 5.95. The first-order valence-electron chi connectivity index (χ1n) is 6.50. The van der Waals surface area contributed by atoms with Gasteiger partial charge in [-0.25, -0.2) is 4.98 Å². The first-order chi connectivity index (χ1) is 8.90. The predicted molar refractivity (Wildman–Crippen MR) is 86.0 cm³/mol. The average molecular weight is 317 g/mol. The number of halogens is 1. The van der Waals surface area contributed by atoms with Crippen LogP contribution < -0.4 is 0 Å². The molecule has 0 bridgehead atoms. The zero-order valence-corrected chi connectivity index (χ0v) is 14.6. The minimum atomic E-state index is -1.02. The predicted octanol–water partition coefficient (Wildman–Crippen LogP) is 4.46. The van der Waals surface area contributed by atoms with Crippen molar-refractivity contribution in [2.24, 2.45) is 0 Å². The summed E-state index contributed by atoms with van der Waals surface area (Å²) in [4.78, 5) is 6.89. The summed E-state index contributed by atoms with van der Waals surface area (Å²) in [5, 5.41) is 0. The van der Waals surface area contributed by atoms with Gasteiger partial charge < -0.3 is 9.30 Å². The van der Waals surface area contributed by atoms with E-state index in [0.717, 1.165) is 22.8 Å². The fourth-order valence-electron chi connectivity index (χ4n) is 1.86. The van der Waals surface area contributed by atoms with Gasteiger partial charge in [0.15, 0.2) is 0 Å². The molecule has 0 amide bonds. The van der Waals surface area contributed by atoms with E-state index >= 15 is 0 Å². The fourth-order valence-corrected chi connectivity index (χ4v) is 3.72. The molecule has 2 aromatic rings. The molecule has 0 saturated carbocycles. The first kappa shape index (κ1) is 15.0. The number of nitrogens with zero attached hydrogens (tertiary/aromatic N) is 2. The van der Waals surface area contributed by atoms with E-state index in [-0.39, 0.29) is 0 Å². The second-order valence-electron chi connectivity index (χ2n) is 5.99. The summed E-state index contributed by atoms with van der Waals surface area (Å²) in [7, 11) is -1.02. The number of ether oxygens (including phenoxy) is 1. The summed E-state index contributed by atoms with van der Waals surface area (Å²) in [6, 6.07) is 3.34. The van der Waals surface area contributed by atoms with Crippen LogP contribution >= 0.6 is 22.9 Å². The molecule has 0 spiro atoms. The average Bonchev–Trinajstić information content (AvgIpc) is 2.79. The number of fused-ring (bicyclic) bond motifs is 1. The Hall–Kier alpha value is -0.363. The number of hydrogen-bond donors (Lipinski definition) is 0. The third-order valence-corrected chi connectivity index (χ3v) is 5.86. The molecule has 6 heteroatoms. The number of alkyl halides is 1. The molecule has 0 aliphatic carbocycles. The van der Waals surface area contributed by atoms with E-state index in [1.165, 1.54) is 10.9 Å². The van der Waals surface area contributed by atoms with Crippen LogP contribution in [0, 0.1) is 6.92 Å². The van der Waals surface area contributed by atoms with Crippen molar-refractivity contribution >= 4 is 41.4 Å². The van der Waals surface area contributed by atoms with E-state index in [9.17, 15) is 0 Å². The molecule has 0 aliphatic rings. The SMILES string of the molecule is Cc1cc2c(nc(CCl)n2COCC[Si](C)(C)C)s1. The summed E-state index contributed by atoms with van der Waals surface area (Å²) in [6.45, 7) is 10.6. The minimum absolute atomic E-state index is 0.428. The number of hydrogen-bond acceptors (Lipinski definition) is 3. The van der Waals surface area contributed by atoms with Gasteiger partial charge in [-0.1, -0.05) is 19.6 Å². The molecule has 106 valence electrons. The Kier molecular flexibility index (Phi) is 4.71. The van der Waals surface area contributed by atoms with Crippen LogP contribution in [0.4, 0.5) is 0 Å². The highest BCUT2D eigenvalue weighted by Crippen LogP contribution is 2.26. The molecule has 0 aromatic carbocycles. The highest BCUT2D eigenvalue weighted by molar-refractivity contribution is 7.18. The first-order valence-corrected chi connectivity index (χ1v) is 11.6. The van der Waals surface area contributed by atoms with Crippen LogP contribution in [0.15, 0.2) is 6.07 Å². The maximum Gasteiger partial charge on any atom is 0.142 e. The number of imidazole rings is 1. The number of aryl methyl sites for hydroxylation is 1. The van der Waals surface area contributed by atoms with Crippen molar-refractivity contribution in [1.82, 2.24) is 9.55 Å². The van der Waals surface area contributed by atoms with Crippen molar-refractivity contribution < 1.29 is 4.74 Å². The van der Waals surface area contributed by atoms with E-state index in [4.69, 9.17) is 16.3 Å². The molecule has 0 radical (unpaired) electrons. The summed E-state index contributed by atoms with van der Waals surface area (Å²) >= 11 is 7.66. The van der Waals surface area contributed by atoms with Crippen LogP contribution in [0.3, 0.4) is 0 Å². The van der Waals surface area contributed by atoms with Gasteiger partial charge in [0, 0.05) is 19.6 Å². The Morgan fingerprint density at radius 2 is 2.16 bits per heavy atom. The summed E-state index contributed by atoms with van der Waals surface area (Å²) in [5.74, 6) is 1.33. The van der Waals surface area contributed by atoms with Gasteiger partial charge in [0.1, 0.15) is 17.4 Å². The van der Waals surface area contributed by atoms with Crippen LogP contribution in [0.25, 0.3) is 10.3 Å². The monoisotopic (exact) mass is 316 g/mol. The molecule has 0 atom stereocenters. The quantitative estimate of drug-likeness (QED) is 0.447. The second-order valence-corrected chi connectivity index (χ2v) is 13.1. The zero-order valence-electron chi connectivity index (χ0n) is 12.0. The van der Waals surface area contributed by atoms with Crippen LogP contribution in [-0.4, -0.2) is 24.2 Å². The molecular weight excluding hydrogens is 296 g/mol. The van der Waals surface area contributed by atoms with E-state index in [2.05, 4.69) is 42.2 Å². The van der Waals surface area contributed by atoms with Crippen molar-refractivity contribution in [1.29, 1.82) is 0 Å².